The van der Waals surface area contributed by atoms with Crippen molar-refractivity contribution in [1.29, 1.82) is 0 Å². The highest BCUT2D eigenvalue weighted by Crippen LogP contribution is 2.27. The Morgan fingerprint density at radius 1 is 0.865 bits per heavy atom. The number of hydrogen-bond donors (Lipinski definition) is 3. The van der Waals surface area contributed by atoms with Crippen LogP contribution in [0.2, 0.25) is 0 Å². The van der Waals surface area contributed by atoms with Crippen molar-refractivity contribution in [2.24, 2.45) is 11.7 Å². The molecule has 7 heteroatoms. The van der Waals surface area contributed by atoms with Crippen LogP contribution in [-0.2, 0) is 16.0 Å². The molecular formula is C30H34N2O5. The molecule has 2 atom stereocenters. The Labute approximate surface area is 217 Å². The van der Waals surface area contributed by atoms with Crippen molar-refractivity contribution in [3.63, 3.8) is 0 Å². The van der Waals surface area contributed by atoms with Crippen LogP contribution in [0.1, 0.15) is 58.5 Å². The summed E-state index contributed by atoms with van der Waals surface area (Å²) >= 11 is 0. The van der Waals surface area contributed by atoms with Gasteiger partial charge in [-0.25, -0.2) is 4.79 Å². The maximum atomic E-state index is 12.7. The number of hydrogen-bond acceptors (Lipinski definition) is 5. The zero-order chi connectivity index (χ0) is 26.9. The number of esters is 1. The first-order valence-corrected chi connectivity index (χ1v) is 12.4. The molecule has 37 heavy (non-hydrogen) atoms. The minimum absolute atomic E-state index is 0.122. The second-order valence-corrected chi connectivity index (χ2v) is 9.33. The molecule has 0 fully saturated rings. The lowest BCUT2D eigenvalue weighted by atomic mass is 9.87. The molecule has 0 aromatic heterocycles. The minimum atomic E-state index is -1.05. The van der Waals surface area contributed by atoms with E-state index in [0.717, 1.165) is 22.3 Å². The van der Waals surface area contributed by atoms with E-state index in [9.17, 15) is 14.4 Å². The molecule has 4 N–H and O–H groups in total. The number of nitrogens with two attached hydrogens (primary N) is 1. The fourth-order valence-corrected chi connectivity index (χ4v) is 4.11. The van der Waals surface area contributed by atoms with E-state index in [1.165, 1.54) is 0 Å². The van der Waals surface area contributed by atoms with E-state index in [4.69, 9.17) is 15.6 Å². The topological polar surface area (TPSA) is 119 Å². The summed E-state index contributed by atoms with van der Waals surface area (Å²) < 4.78 is 5.04. The van der Waals surface area contributed by atoms with Gasteiger partial charge in [0.25, 0.3) is 5.91 Å². The zero-order valence-corrected chi connectivity index (χ0v) is 21.4. The van der Waals surface area contributed by atoms with Crippen LogP contribution < -0.4 is 11.1 Å². The van der Waals surface area contributed by atoms with Crippen molar-refractivity contribution < 1.29 is 24.2 Å². The lowest BCUT2D eigenvalue weighted by Crippen LogP contribution is -2.32. The SMILES string of the molecule is CCOC(=O)c1ccc(-c2ccc([C@H](CNC(=O)c3ccc(C[C@H](N)C(=O)O)cc3)C(C)C)cc2)cc1. The van der Waals surface area contributed by atoms with Crippen LogP contribution in [-0.4, -0.2) is 42.1 Å². The van der Waals surface area contributed by atoms with E-state index in [1.807, 2.05) is 24.3 Å². The Hall–Kier alpha value is -3.97. The van der Waals surface area contributed by atoms with Gasteiger partial charge in [0.15, 0.2) is 0 Å². The second-order valence-electron chi connectivity index (χ2n) is 9.33. The molecule has 1 amide bonds. The summed E-state index contributed by atoms with van der Waals surface area (Å²) in [7, 11) is 0. The van der Waals surface area contributed by atoms with Gasteiger partial charge in [0, 0.05) is 18.0 Å². The van der Waals surface area contributed by atoms with Crippen LogP contribution in [0, 0.1) is 5.92 Å². The number of nitrogens with one attached hydrogen (secondary N) is 1. The molecule has 0 heterocycles. The number of benzene rings is 3. The third kappa shape index (κ3) is 7.51. The van der Waals surface area contributed by atoms with E-state index in [0.29, 0.717) is 30.2 Å². The normalized spacial score (nSPS) is 12.6. The molecule has 0 saturated heterocycles. The molecule has 7 nitrogen and oxygen atoms in total. The fraction of sp³-hybridized carbons (Fsp3) is 0.300. The molecule has 0 aliphatic rings. The summed E-state index contributed by atoms with van der Waals surface area (Å²) in [5.41, 5.74) is 10.5. The van der Waals surface area contributed by atoms with Crippen LogP contribution in [0.4, 0.5) is 0 Å². The summed E-state index contributed by atoms with van der Waals surface area (Å²) in [6.45, 7) is 6.85. The van der Waals surface area contributed by atoms with Crippen molar-refractivity contribution in [3.8, 4) is 11.1 Å². The Kier molecular flexibility index (Phi) is 9.57. The van der Waals surface area contributed by atoms with E-state index >= 15 is 0 Å². The summed E-state index contributed by atoms with van der Waals surface area (Å²) in [4.78, 5) is 35.6. The lowest BCUT2D eigenvalue weighted by Gasteiger charge is -2.22. The van der Waals surface area contributed by atoms with Gasteiger partial charge >= 0.3 is 11.9 Å². The van der Waals surface area contributed by atoms with Crippen LogP contribution in [0.5, 0.6) is 0 Å². The average Bonchev–Trinajstić information content (AvgIpc) is 2.89. The maximum Gasteiger partial charge on any atom is 0.338 e. The third-order valence-electron chi connectivity index (χ3n) is 6.34. The van der Waals surface area contributed by atoms with Crippen molar-refractivity contribution in [2.75, 3.05) is 13.2 Å². The maximum absolute atomic E-state index is 12.7. The predicted molar refractivity (Wildman–Crippen MR) is 144 cm³/mol. The molecule has 194 valence electrons. The van der Waals surface area contributed by atoms with E-state index in [2.05, 4.69) is 31.3 Å². The molecule has 0 spiro atoms. The van der Waals surface area contributed by atoms with Crippen LogP contribution in [0.3, 0.4) is 0 Å². The minimum Gasteiger partial charge on any atom is -0.480 e. The molecule has 0 aliphatic heterocycles. The highest BCUT2D eigenvalue weighted by molar-refractivity contribution is 5.94. The average molecular weight is 503 g/mol. The monoisotopic (exact) mass is 502 g/mol. The number of carboxylic acids is 1. The zero-order valence-electron chi connectivity index (χ0n) is 21.4. The van der Waals surface area contributed by atoms with Gasteiger partial charge < -0.3 is 20.9 Å². The van der Waals surface area contributed by atoms with Gasteiger partial charge in [0.05, 0.1) is 12.2 Å². The van der Waals surface area contributed by atoms with Crippen LogP contribution in [0.25, 0.3) is 11.1 Å². The standard InChI is InChI=1S/C30H34N2O5/c1-4-37-30(36)25-15-11-22(12-16-25)21-9-13-23(14-10-21)26(19(2)3)18-32-28(33)24-7-5-20(6-8-24)17-27(31)29(34)35/h5-16,19,26-27H,4,17-18,31H2,1-3H3,(H,32,33)(H,34,35)/t26-,27+/m1/s1. The molecule has 3 rings (SSSR count). The quantitative estimate of drug-likeness (QED) is 0.328. The number of ether oxygens (including phenoxy) is 1. The van der Waals surface area contributed by atoms with Crippen molar-refractivity contribution >= 4 is 17.8 Å². The summed E-state index contributed by atoms with van der Waals surface area (Å²) in [6.07, 6.45) is 0.207. The van der Waals surface area contributed by atoms with E-state index in [-0.39, 0.29) is 24.2 Å². The smallest absolute Gasteiger partial charge is 0.338 e. The van der Waals surface area contributed by atoms with Crippen molar-refractivity contribution in [1.82, 2.24) is 5.32 Å². The van der Waals surface area contributed by atoms with Gasteiger partial charge in [-0.05, 0) is 65.8 Å². The fourth-order valence-electron chi connectivity index (χ4n) is 4.11. The molecular weight excluding hydrogens is 468 g/mol. The number of amides is 1. The Bertz CT molecular complexity index is 1200. The highest BCUT2D eigenvalue weighted by Gasteiger charge is 2.18. The lowest BCUT2D eigenvalue weighted by molar-refractivity contribution is -0.138. The largest absolute Gasteiger partial charge is 0.480 e. The van der Waals surface area contributed by atoms with Gasteiger partial charge in [-0.2, -0.15) is 0 Å². The molecule has 3 aromatic rings. The number of carbonyl (C=O) groups excluding carboxylic acids is 2. The first-order chi connectivity index (χ1) is 17.7. The summed E-state index contributed by atoms with van der Waals surface area (Å²) in [6, 6.07) is 21.5. The van der Waals surface area contributed by atoms with E-state index in [1.54, 1.807) is 43.3 Å². The van der Waals surface area contributed by atoms with Crippen molar-refractivity contribution in [2.45, 2.75) is 39.2 Å². The summed E-state index contributed by atoms with van der Waals surface area (Å²) in [5, 5.41) is 12.0. The third-order valence-corrected chi connectivity index (χ3v) is 6.34. The van der Waals surface area contributed by atoms with Crippen LogP contribution >= 0.6 is 0 Å². The molecule has 0 unspecified atom stereocenters. The molecule has 0 aliphatic carbocycles. The number of carbonyl (C=O) groups is 3. The number of rotatable bonds is 11. The van der Waals surface area contributed by atoms with Gasteiger partial charge in [-0.1, -0.05) is 62.4 Å². The molecule has 0 bridgehead atoms. The van der Waals surface area contributed by atoms with Gasteiger partial charge in [-0.15, -0.1) is 0 Å². The Morgan fingerprint density at radius 3 is 1.92 bits per heavy atom. The van der Waals surface area contributed by atoms with Gasteiger partial charge in [0.2, 0.25) is 0 Å². The van der Waals surface area contributed by atoms with Gasteiger partial charge in [-0.3, -0.25) is 9.59 Å². The van der Waals surface area contributed by atoms with E-state index < -0.39 is 12.0 Å². The first kappa shape index (κ1) is 27.6. The second kappa shape index (κ2) is 12.8. The predicted octanol–water partition coefficient (Wildman–Crippen LogP) is 4.65. The Balaban J connectivity index is 1.63. The molecule has 0 radical (unpaired) electrons. The molecule has 0 saturated carbocycles. The summed E-state index contributed by atoms with van der Waals surface area (Å²) in [5.74, 6) is -1.14. The van der Waals surface area contributed by atoms with Crippen molar-refractivity contribution in [3.05, 3.63) is 95.1 Å². The Morgan fingerprint density at radius 2 is 1.41 bits per heavy atom. The van der Waals surface area contributed by atoms with Gasteiger partial charge in [0.1, 0.15) is 6.04 Å². The van der Waals surface area contributed by atoms with Crippen LogP contribution in [0.15, 0.2) is 72.8 Å². The number of aliphatic carboxylic acids is 1. The first-order valence-electron chi connectivity index (χ1n) is 12.4. The molecule has 3 aromatic carbocycles. The number of carboxylic acid groups (broad SMARTS) is 1. The highest BCUT2D eigenvalue weighted by atomic mass is 16.5.